The average molecular weight is 529 g/mol. The van der Waals surface area contributed by atoms with Gasteiger partial charge in [-0.05, 0) is 46.6 Å². The lowest BCUT2D eigenvalue weighted by Crippen LogP contribution is -2.50. The molecule has 8 nitrogen and oxygen atoms in total. The topological polar surface area (TPSA) is 105 Å². The third-order valence-corrected chi connectivity index (χ3v) is 7.53. The maximum absolute atomic E-state index is 12.9. The van der Waals surface area contributed by atoms with Crippen LogP contribution in [0.4, 0.5) is 9.59 Å². The molecular formula is C31H32N2O6. The number of fused-ring (bicyclic) bond motifs is 3. The smallest absolute Gasteiger partial charge is 0.410 e. The standard InChI is InChI=1S/C31H32N2O6/c34-29(35)17-28(22-11-8-16-33(18-22)31(37)39-19-21-9-2-1-3-10-21)32-30(36)38-20-27-25-14-6-4-12-23(25)24-13-5-7-15-26(24)27/h1-7,9-10,12-15,22,27-28H,8,11,16-20H2,(H,32,36)(H,34,35)/t22-,28-/m1/s1. The Bertz CT molecular complexity index is 1280. The molecule has 0 unspecified atom stereocenters. The van der Waals surface area contributed by atoms with Gasteiger partial charge in [-0.25, -0.2) is 9.59 Å². The number of hydrogen-bond acceptors (Lipinski definition) is 5. The molecule has 202 valence electrons. The molecule has 2 atom stereocenters. The van der Waals surface area contributed by atoms with E-state index in [0.29, 0.717) is 25.9 Å². The van der Waals surface area contributed by atoms with Gasteiger partial charge in [-0.15, -0.1) is 0 Å². The minimum Gasteiger partial charge on any atom is -0.481 e. The number of likely N-dealkylation sites (tertiary alicyclic amines) is 1. The molecular weight excluding hydrogens is 496 g/mol. The number of carboxylic acids is 1. The number of amides is 2. The second-order valence-electron chi connectivity index (χ2n) is 10.1. The van der Waals surface area contributed by atoms with Gasteiger partial charge in [-0.2, -0.15) is 0 Å². The van der Waals surface area contributed by atoms with Crippen LogP contribution in [0.3, 0.4) is 0 Å². The van der Waals surface area contributed by atoms with Crippen LogP contribution in [0.25, 0.3) is 11.1 Å². The predicted molar refractivity (Wildman–Crippen MR) is 145 cm³/mol. The number of piperidine rings is 1. The third kappa shape index (κ3) is 6.22. The zero-order valence-electron chi connectivity index (χ0n) is 21.6. The highest BCUT2D eigenvalue weighted by Gasteiger charge is 2.34. The first-order chi connectivity index (χ1) is 19.0. The van der Waals surface area contributed by atoms with Gasteiger partial charge in [-0.3, -0.25) is 4.79 Å². The quantitative estimate of drug-likeness (QED) is 0.405. The van der Waals surface area contributed by atoms with E-state index in [4.69, 9.17) is 9.47 Å². The van der Waals surface area contributed by atoms with Gasteiger partial charge in [0.2, 0.25) is 0 Å². The highest BCUT2D eigenvalue weighted by molar-refractivity contribution is 5.79. The van der Waals surface area contributed by atoms with Crippen LogP contribution in [-0.4, -0.2) is 53.9 Å². The predicted octanol–water partition coefficient (Wildman–Crippen LogP) is 5.42. The molecule has 2 N–H and O–H groups in total. The molecule has 1 heterocycles. The van der Waals surface area contributed by atoms with Crippen LogP contribution < -0.4 is 5.32 Å². The van der Waals surface area contributed by atoms with Gasteiger partial charge in [0.25, 0.3) is 0 Å². The monoisotopic (exact) mass is 528 g/mol. The Kier molecular flexibility index (Phi) is 8.10. The Labute approximate surface area is 227 Å². The number of nitrogens with zero attached hydrogens (tertiary/aromatic N) is 1. The van der Waals surface area contributed by atoms with Crippen molar-refractivity contribution in [3.05, 3.63) is 95.6 Å². The first kappa shape index (κ1) is 26.3. The second kappa shape index (κ2) is 12.0. The van der Waals surface area contributed by atoms with E-state index >= 15 is 0 Å². The van der Waals surface area contributed by atoms with Gasteiger partial charge in [0, 0.05) is 25.0 Å². The number of carbonyl (C=O) groups excluding carboxylic acids is 2. The zero-order valence-corrected chi connectivity index (χ0v) is 21.6. The fourth-order valence-electron chi connectivity index (χ4n) is 5.63. The van der Waals surface area contributed by atoms with E-state index < -0.39 is 24.2 Å². The fraction of sp³-hybridized carbons (Fsp3) is 0.323. The van der Waals surface area contributed by atoms with Crippen molar-refractivity contribution >= 4 is 18.2 Å². The number of nitrogens with one attached hydrogen (secondary N) is 1. The Balaban J connectivity index is 1.19. The van der Waals surface area contributed by atoms with Gasteiger partial charge in [-0.1, -0.05) is 78.9 Å². The van der Waals surface area contributed by atoms with Crippen LogP contribution in [0, 0.1) is 5.92 Å². The van der Waals surface area contributed by atoms with Crippen LogP contribution in [0.1, 0.15) is 41.9 Å². The summed E-state index contributed by atoms with van der Waals surface area (Å²) in [5.74, 6) is -1.35. The molecule has 3 aromatic rings. The third-order valence-electron chi connectivity index (χ3n) is 7.53. The summed E-state index contributed by atoms with van der Waals surface area (Å²) in [6, 6.07) is 24.9. The van der Waals surface area contributed by atoms with Crippen molar-refractivity contribution in [1.29, 1.82) is 0 Å². The number of ether oxygens (including phenoxy) is 2. The van der Waals surface area contributed by atoms with Crippen molar-refractivity contribution in [2.45, 2.75) is 37.8 Å². The number of rotatable bonds is 8. The van der Waals surface area contributed by atoms with Crippen molar-refractivity contribution < 1.29 is 29.0 Å². The molecule has 5 rings (SSSR count). The Morgan fingerprint density at radius 3 is 2.21 bits per heavy atom. The molecule has 2 aliphatic rings. The molecule has 1 fully saturated rings. The molecule has 0 bridgehead atoms. The van der Waals surface area contributed by atoms with Crippen molar-refractivity contribution in [3.63, 3.8) is 0 Å². The SMILES string of the molecule is O=C(O)C[C@@H](NC(=O)OCC1c2ccccc2-c2ccccc21)[C@@H]1CCCN(C(=O)OCc2ccccc2)C1. The lowest BCUT2D eigenvalue weighted by Gasteiger charge is -2.36. The molecule has 1 saturated heterocycles. The van der Waals surface area contributed by atoms with E-state index in [9.17, 15) is 19.5 Å². The van der Waals surface area contributed by atoms with E-state index in [1.165, 1.54) is 0 Å². The Morgan fingerprint density at radius 2 is 1.54 bits per heavy atom. The van der Waals surface area contributed by atoms with E-state index in [1.807, 2.05) is 66.7 Å². The molecule has 39 heavy (non-hydrogen) atoms. The summed E-state index contributed by atoms with van der Waals surface area (Å²) >= 11 is 0. The van der Waals surface area contributed by atoms with E-state index in [2.05, 4.69) is 17.4 Å². The molecule has 3 aromatic carbocycles. The van der Waals surface area contributed by atoms with Crippen molar-refractivity contribution in [3.8, 4) is 11.1 Å². The lowest BCUT2D eigenvalue weighted by atomic mass is 9.89. The number of hydrogen-bond donors (Lipinski definition) is 2. The molecule has 1 aliphatic heterocycles. The van der Waals surface area contributed by atoms with Crippen molar-refractivity contribution in [2.24, 2.45) is 5.92 Å². The number of carboxylic acid groups (broad SMARTS) is 1. The molecule has 2 amide bonds. The first-order valence-electron chi connectivity index (χ1n) is 13.3. The summed E-state index contributed by atoms with van der Waals surface area (Å²) in [4.78, 5) is 38.9. The number of alkyl carbamates (subject to hydrolysis) is 1. The lowest BCUT2D eigenvalue weighted by molar-refractivity contribution is -0.138. The van der Waals surface area contributed by atoms with Gasteiger partial charge < -0.3 is 24.8 Å². The van der Waals surface area contributed by atoms with E-state index in [1.54, 1.807) is 4.90 Å². The van der Waals surface area contributed by atoms with E-state index in [0.717, 1.165) is 27.8 Å². The number of aliphatic carboxylic acids is 1. The zero-order chi connectivity index (χ0) is 27.2. The number of benzene rings is 3. The summed E-state index contributed by atoms with van der Waals surface area (Å²) in [6.45, 7) is 1.13. The van der Waals surface area contributed by atoms with Gasteiger partial charge in [0.05, 0.1) is 6.42 Å². The summed E-state index contributed by atoms with van der Waals surface area (Å²) in [5.41, 5.74) is 5.36. The Hall–Kier alpha value is -4.33. The highest BCUT2D eigenvalue weighted by atomic mass is 16.6. The number of carbonyl (C=O) groups is 3. The van der Waals surface area contributed by atoms with Gasteiger partial charge >= 0.3 is 18.2 Å². The molecule has 0 radical (unpaired) electrons. The molecule has 8 heteroatoms. The Morgan fingerprint density at radius 1 is 0.897 bits per heavy atom. The van der Waals surface area contributed by atoms with Gasteiger partial charge in [0.15, 0.2) is 0 Å². The van der Waals surface area contributed by atoms with E-state index in [-0.39, 0.29) is 31.5 Å². The molecule has 1 aliphatic carbocycles. The summed E-state index contributed by atoms with van der Waals surface area (Å²) < 4.78 is 11.1. The van der Waals surface area contributed by atoms with Crippen molar-refractivity contribution in [1.82, 2.24) is 10.2 Å². The first-order valence-corrected chi connectivity index (χ1v) is 13.3. The minimum atomic E-state index is -1.03. The second-order valence-corrected chi connectivity index (χ2v) is 10.1. The maximum atomic E-state index is 12.9. The van der Waals surface area contributed by atoms with Crippen LogP contribution in [-0.2, 0) is 20.9 Å². The van der Waals surface area contributed by atoms with Crippen LogP contribution in [0.2, 0.25) is 0 Å². The fourth-order valence-corrected chi connectivity index (χ4v) is 5.63. The normalized spacial score (nSPS) is 17.0. The van der Waals surface area contributed by atoms with Crippen LogP contribution in [0.5, 0.6) is 0 Å². The largest absolute Gasteiger partial charge is 0.481 e. The summed E-state index contributed by atoms with van der Waals surface area (Å²) in [5, 5.41) is 12.3. The van der Waals surface area contributed by atoms with Gasteiger partial charge in [0.1, 0.15) is 13.2 Å². The summed E-state index contributed by atoms with van der Waals surface area (Å²) in [7, 11) is 0. The minimum absolute atomic E-state index is 0.0920. The maximum Gasteiger partial charge on any atom is 0.410 e. The summed E-state index contributed by atoms with van der Waals surface area (Å²) in [6.07, 6.45) is 0.00467. The average Bonchev–Trinajstić information content (AvgIpc) is 3.28. The van der Waals surface area contributed by atoms with Crippen molar-refractivity contribution in [2.75, 3.05) is 19.7 Å². The van der Waals surface area contributed by atoms with Crippen LogP contribution in [0.15, 0.2) is 78.9 Å². The molecule has 0 spiro atoms. The molecule has 0 aromatic heterocycles. The highest BCUT2D eigenvalue weighted by Crippen LogP contribution is 2.44. The molecule has 0 saturated carbocycles. The van der Waals surface area contributed by atoms with Crippen LogP contribution >= 0.6 is 0 Å².